The molecule has 1 N–H and O–H groups in total. The number of aryl methyl sites for hydroxylation is 2. The number of anilines is 1. The molecule has 0 bridgehead atoms. The Balaban J connectivity index is 1.60. The number of benzene rings is 2. The number of Topliss-reactive ketones (excluding diaryl/α,β-unsaturated/α-hetero) is 1. The zero-order valence-electron chi connectivity index (χ0n) is 18.1. The molecule has 2 aromatic heterocycles. The Morgan fingerprint density at radius 3 is 2.10 bits per heavy atom. The van der Waals surface area contributed by atoms with Crippen molar-refractivity contribution in [3.8, 4) is 11.1 Å². The molecule has 0 fully saturated rings. The van der Waals surface area contributed by atoms with Crippen LogP contribution in [0.15, 0.2) is 54.6 Å². The Hall–Kier alpha value is -3.80. The molecule has 0 spiro atoms. The fraction of sp³-hybridized carbons (Fsp3) is 0.200. The van der Waals surface area contributed by atoms with Crippen LogP contribution in [0.4, 0.5) is 5.69 Å². The van der Waals surface area contributed by atoms with Gasteiger partial charge in [0.15, 0.2) is 11.4 Å². The number of nitrogens with one attached hydrogen (secondary N) is 1. The van der Waals surface area contributed by atoms with Crippen LogP contribution in [0.2, 0.25) is 0 Å². The Kier molecular flexibility index (Phi) is 5.38. The minimum Gasteiger partial charge on any atom is -0.325 e. The van der Waals surface area contributed by atoms with E-state index >= 15 is 0 Å². The molecule has 156 valence electrons. The van der Waals surface area contributed by atoms with Crippen molar-refractivity contribution < 1.29 is 9.59 Å². The molecule has 0 aliphatic rings. The molecule has 0 saturated carbocycles. The number of aromatic nitrogens is 3. The Morgan fingerprint density at radius 1 is 0.903 bits per heavy atom. The minimum atomic E-state index is -0.128. The number of fused-ring (bicyclic) bond motifs is 1. The summed E-state index contributed by atoms with van der Waals surface area (Å²) in [7, 11) is 0. The number of carbonyl (C=O) groups excluding carboxylic acids is 2. The normalized spacial score (nSPS) is 11.0. The number of pyridine rings is 1. The first-order valence-electron chi connectivity index (χ1n) is 10.1. The Morgan fingerprint density at radius 2 is 1.52 bits per heavy atom. The Labute approximate surface area is 181 Å². The maximum absolute atomic E-state index is 11.5. The highest BCUT2D eigenvalue weighted by Gasteiger charge is 2.13. The van der Waals surface area contributed by atoms with Gasteiger partial charge in [0.25, 0.3) is 0 Å². The van der Waals surface area contributed by atoms with E-state index < -0.39 is 0 Å². The topological polar surface area (TPSA) is 76.9 Å². The minimum absolute atomic E-state index is 0.0675. The summed E-state index contributed by atoms with van der Waals surface area (Å²) in [6.07, 6.45) is 0. The van der Waals surface area contributed by atoms with Crippen LogP contribution in [0.3, 0.4) is 0 Å². The first kappa shape index (κ1) is 20.5. The predicted octanol–water partition coefficient (Wildman–Crippen LogP) is 4.92. The Bertz CT molecular complexity index is 1290. The van der Waals surface area contributed by atoms with Gasteiger partial charge in [-0.3, -0.25) is 9.59 Å². The van der Waals surface area contributed by atoms with Crippen LogP contribution in [-0.4, -0.2) is 26.2 Å². The van der Waals surface area contributed by atoms with E-state index in [0.29, 0.717) is 17.8 Å². The number of amides is 1. The van der Waals surface area contributed by atoms with Crippen molar-refractivity contribution >= 4 is 28.5 Å². The number of nitrogens with zero attached hydrogens (tertiary/aromatic N) is 3. The van der Waals surface area contributed by atoms with E-state index in [4.69, 9.17) is 4.98 Å². The average Bonchev–Trinajstić information content (AvgIpc) is 3.03. The number of hydrogen-bond donors (Lipinski definition) is 1. The molecule has 0 aliphatic heterocycles. The molecule has 0 aliphatic carbocycles. The van der Waals surface area contributed by atoms with Crippen LogP contribution >= 0.6 is 0 Å². The lowest BCUT2D eigenvalue weighted by Crippen LogP contribution is -2.09. The van der Waals surface area contributed by atoms with Crippen molar-refractivity contribution in [2.45, 2.75) is 34.2 Å². The zero-order chi connectivity index (χ0) is 22.1. The van der Waals surface area contributed by atoms with Crippen molar-refractivity contribution in [2.24, 2.45) is 0 Å². The van der Waals surface area contributed by atoms with Crippen molar-refractivity contribution in [3.05, 3.63) is 77.2 Å². The van der Waals surface area contributed by atoms with Crippen molar-refractivity contribution in [3.63, 3.8) is 0 Å². The third kappa shape index (κ3) is 4.23. The zero-order valence-corrected chi connectivity index (χ0v) is 18.1. The van der Waals surface area contributed by atoms with Gasteiger partial charge in [-0.05, 0) is 43.5 Å². The van der Waals surface area contributed by atoms with E-state index in [1.165, 1.54) is 6.92 Å². The standard InChI is InChI=1S/C25H24N4O2/c1-15-23(28-18(4)31)13-24-25(26-15)29(17(3)27-24)14-19-5-7-21(8-6-19)22-11-9-20(10-12-22)16(2)30/h5-13H,14H2,1-4H3,(H,28,31). The molecular weight excluding hydrogens is 388 g/mol. The highest BCUT2D eigenvalue weighted by molar-refractivity contribution is 5.94. The van der Waals surface area contributed by atoms with Crippen molar-refractivity contribution in [1.82, 2.24) is 14.5 Å². The first-order chi connectivity index (χ1) is 14.8. The summed E-state index contributed by atoms with van der Waals surface area (Å²) < 4.78 is 2.08. The molecular formula is C25H24N4O2. The third-order valence-corrected chi connectivity index (χ3v) is 5.33. The molecule has 2 aromatic carbocycles. The van der Waals surface area contributed by atoms with Gasteiger partial charge in [-0.25, -0.2) is 9.97 Å². The van der Waals surface area contributed by atoms with Crippen molar-refractivity contribution in [2.75, 3.05) is 5.32 Å². The van der Waals surface area contributed by atoms with Crippen LogP contribution in [0.5, 0.6) is 0 Å². The van der Waals surface area contributed by atoms with E-state index in [9.17, 15) is 9.59 Å². The maximum atomic E-state index is 11.5. The summed E-state index contributed by atoms with van der Waals surface area (Å²) in [5.74, 6) is 0.806. The number of carbonyl (C=O) groups is 2. The summed E-state index contributed by atoms with van der Waals surface area (Å²) in [4.78, 5) is 32.2. The van der Waals surface area contributed by atoms with Crippen LogP contribution in [0.25, 0.3) is 22.3 Å². The SMILES string of the molecule is CC(=O)Nc1cc2nc(C)n(Cc3ccc(-c4ccc(C(C)=O)cc4)cc3)c2nc1C. The smallest absolute Gasteiger partial charge is 0.221 e. The van der Waals surface area contributed by atoms with Gasteiger partial charge in [-0.1, -0.05) is 48.5 Å². The second-order valence-electron chi connectivity index (χ2n) is 7.72. The molecule has 0 saturated heterocycles. The quantitative estimate of drug-likeness (QED) is 0.472. The van der Waals surface area contributed by atoms with E-state index in [1.807, 2.05) is 44.2 Å². The highest BCUT2D eigenvalue weighted by Crippen LogP contribution is 2.24. The maximum Gasteiger partial charge on any atom is 0.221 e. The number of imidazole rings is 1. The van der Waals surface area contributed by atoms with Crippen molar-refractivity contribution in [1.29, 1.82) is 0 Å². The monoisotopic (exact) mass is 412 g/mol. The van der Waals surface area contributed by atoms with Crippen LogP contribution in [-0.2, 0) is 11.3 Å². The second-order valence-corrected chi connectivity index (χ2v) is 7.72. The van der Waals surface area contributed by atoms with Gasteiger partial charge >= 0.3 is 0 Å². The molecule has 4 aromatic rings. The predicted molar refractivity (Wildman–Crippen MR) is 122 cm³/mol. The van der Waals surface area contributed by atoms with Gasteiger partial charge in [0.05, 0.1) is 17.9 Å². The second kappa shape index (κ2) is 8.14. The average molecular weight is 412 g/mol. The van der Waals surface area contributed by atoms with E-state index in [0.717, 1.165) is 39.4 Å². The molecule has 0 atom stereocenters. The molecule has 4 rings (SSSR count). The first-order valence-corrected chi connectivity index (χ1v) is 10.1. The molecule has 6 nitrogen and oxygen atoms in total. The lowest BCUT2D eigenvalue weighted by molar-refractivity contribution is -0.114. The van der Waals surface area contributed by atoms with Gasteiger partial charge < -0.3 is 9.88 Å². The lowest BCUT2D eigenvalue weighted by atomic mass is 10.0. The summed E-state index contributed by atoms with van der Waals surface area (Å²) in [5.41, 5.74) is 7.02. The van der Waals surface area contributed by atoms with E-state index in [-0.39, 0.29) is 11.7 Å². The third-order valence-electron chi connectivity index (χ3n) is 5.33. The van der Waals surface area contributed by atoms with E-state index in [2.05, 4.69) is 39.1 Å². The molecule has 31 heavy (non-hydrogen) atoms. The largest absolute Gasteiger partial charge is 0.325 e. The number of rotatable bonds is 5. The molecule has 0 radical (unpaired) electrons. The van der Waals surface area contributed by atoms with Gasteiger partial charge in [-0.15, -0.1) is 0 Å². The molecule has 0 unspecified atom stereocenters. The fourth-order valence-corrected chi connectivity index (χ4v) is 3.64. The molecule has 2 heterocycles. The molecule has 1 amide bonds. The van der Waals surface area contributed by atoms with Gasteiger partial charge in [-0.2, -0.15) is 0 Å². The summed E-state index contributed by atoms with van der Waals surface area (Å²) in [6.45, 7) is 7.54. The molecule has 6 heteroatoms. The summed E-state index contributed by atoms with van der Waals surface area (Å²) in [5, 5.41) is 2.81. The van der Waals surface area contributed by atoms with Gasteiger partial charge in [0.2, 0.25) is 5.91 Å². The van der Waals surface area contributed by atoms with Gasteiger partial charge in [0.1, 0.15) is 11.3 Å². The number of hydrogen-bond acceptors (Lipinski definition) is 4. The van der Waals surface area contributed by atoms with Gasteiger partial charge in [0, 0.05) is 12.5 Å². The van der Waals surface area contributed by atoms with E-state index in [1.54, 1.807) is 6.92 Å². The summed E-state index contributed by atoms with van der Waals surface area (Å²) >= 11 is 0. The fourth-order valence-electron chi connectivity index (χ4n) is 3.64. The van der Waals surface area contributed by atoms with Crippen LogP contribution < -0.4 is 5.32 Å². The number of ketones is 1. The van der Waals surface area contributed by atoms with Crippen LogP contribution in [0, 0.1) is 13.8 Å². The summed E-state index contributed by atoms with van der Waals surface area (Å²) in [6, 6.07) is 17.9. The lowest BCUT2D eigenvalue weighted by Gasteiger charge is -2.10. The van der Waals surface area contributed by atoms with Crippen LogP contribution in [0.1, 0.15) is 41.3 Å². The highest BCUT2D eigenvalue weighted by atomic mass is 16.1.